The highest BCUT2D eigenvalue weighted by Crippen LogP contribution is 2.36. The van der Waals surface area contributed by atoms with E-state index in [9.17, 15) is 24.3 Å². The number of Topliss-reactive ketones (excluding diaryl/α,β-unsaturated/α-hetero) is 1. The molecule has 0 aliphatic heterocycles. The van der Waals surface area contributed by atoms with Crippen LogP contribution in [-0.2, 0) is 25.7 Å². The number of halogens is 3. The van der Waals surface area contributed by atoms with Gasteiger partial charge in [0.05, 0.1) is 33.6 Å². The zero-order chi connectivity index (χ0) is 26.6. The Kier molecular flexibility index (Phi) is 9.03. The van der Waals surface area contributed by atoms with Gasteiger partial charge in [0, 0.05) is 5.69 Å². The zero-order valence-corrected chi connectivity index (χ0v) is 22.1. The summed E-state index contributed by atoms with van der Waals surface area (Å²) in [5, 5.41) is 9.77. The number of rotatable bonds is 9. The molecule has 1 N–H and O–H groups in total. The lowest BCUT2D eigenvalue weighted by molar-refractivity contribution is -0.168. The molecule has 0 atom stereocenters. The number of aromatic carboxylic acids is 1. The van der Waals surface area contributed by atoms with Crippen LogP contribution in [0.15, 0.2) is 36.4 Å². The molecule has 0 bridgehead atoms. The number of esters is 1. The molecule has 10 heteroatoms. The van der Waals surface area contributed by atoms with E-state index in [1.54, 1.807) is 32.0 Å². The van der Waals surface area contributed by atoms with Gasteiger partial charge in [-0.3, -0.25) is 9.59 Å². The third-order valence-corrected chi connectivity index (χ3v) is 7.41. The second kappa shape index (κ2) is 11.6. The van der Waals surface area contributed by atoms with Crippen LogP contribution in [0.4, 0.5) is 5.69 Å². The molecule has 1 aliphatic carbocycles. The molecule has 1 fully saturated rings. The first-order chi connectivity index (χ1) is 16.9. The Labute approximate surface area is 224 Å². The summed E-state index contributed by atoms with van der Waals surface area (Å²) in [6.07, 6.45) is 3.19. The second-order valence-corrected chi connectivity index (χ2v) is 10.5. The summed E-state index contributed by atoms with van der Waals surface area (Å²) in [5.41, 5.74) is -0.120. The molecule has 3 rings (SSSR count). The Morgan fingerprint density at radius 2 is 1.64 bits per heavy atom. The maximum absolute atomic E-state index is 13.2. The minimum atomic E-state index is -1.23. The van der Waals surface area contributed by atoms with Gasteiger partial charge in [0.15, 0.2) is 0 Å². The molecule has 1 aliphatic rings. The largest absolute Gasteiger partial charge is 0.478 e. The summed E-state index contributed by atoms with van der Waals surface area (Å²) < 4.78 is 5.50. The summed E-state index contributed by atoms with van der Waals surface area (Å²) in [7, 11) is 0. The number of carbonyl (C=O) groups is 4. The predicted molar refractivity (Wildman–Crippen MR) is 138 cm³/mol. The van der Waals surface area contributed by atoms with E-state index < -0.39 is 35.7 Å². The van der Waals surface area contributed by atoms with Gasteiger partial charge in [-0.1, -0.05) is 53.7 Å². The minimum absolute atomic E-state index is 0.0334. The number of anilines is 1. The number of nitrogens with zero attached hydrogens (tertiary/aromatic N) is 1. The fraction of sp³-hybridized carbons (Fsp3) is 0.385. The Morgan fingerprint density at radius 3 is 2.22 bits per heavy atom. The van der Waals surface area contributed by atoms with Crippen molar-refractivity contribution in [1.82, 2.24) is 0 Å². The summed E-state index contributed by atoms with van der Waals surface area (Å²) in [5.74, 6) is -3.80. The quantitative estimate of drug-likeness (QED) is 0.220. The van der Waals surface area contributed by atoms with Crippen LogP contribution in [0.5, 0.6) is 0 Å². The van der Waals surface area contributed by atoms with Gasteiger partial charge in [-0.05, 0) is 68.5 Å². The molecule has 1 saturated carbocycles. The fourth-order valence-electron chi connectivity index (χ4n) is 4.29. The van der Waals surface area contributed by atoms with Crippen molar-refractivity contribution in [3.05, 3.63) is 62.6 Å². The SMILES string of the molecule is CC(C)(OC(=O)C(=O)CC(=O)N(Cc1ccc(Cl)c(Cl)c1)c1ccc(C(=O)O)c(Cl)c1)C1CCCC1. The number of hydrogen-bond acceptors (Lipinski definition) is 5. The molecule has 192 valence electrons. The van der Waals surface area contributed by atoms with E-state index in [2.05, 4.69) is 0 Å². The molecule has 0 unspecified atom stereocenters. The van der Waals surface area contributed by atoms with Crippen molar-refractivity contribution in [1.29, 1.82) is 0 Å². The minimum Gasteiger partial charge on any atom is -0.478 e. The van der Waals surface area contributed by atoms with Crippen molar-refractivity contribution in [3.8, 4) is 0 Å². The summed E-state index contributed by atoms with van der Waals surface area (Å²) in [6.45, 7) is 3.52. The van der Waals surface area contributed by atoms with E-state index in [4.69, 9.17) is 39.5 Å². The summed E-state index contributed by atoms with van der Waals surface area (Å²) in [4.78, 5) is 51.1. The average Bonchev–Trinajstić information content (AvgIpc) is 3.35. The Hall–Kier alpha value is -2.61. The normalized spacial score (nSPS) is 13.9. The number of benzene rings is 2. The van der Waals surface area contributed by atoms with E-state index in [-0.39, 0.29) is 33.8 Å². The smallest absolute Gasteiger partial charge is 0.375 e. The number of ether oxygens (including phenoxy) is 1. The monoisotopic (exact) mass is 553 g/mol. The fourth-order valence-corrected chi connectivity index (χ4v) is 4.87. The highest BCUT2D eigenvalue weighted by Gasteiger charge is 2.37. The first-order valence-electron chi connectivity index (χ1n) is 11.4. The van der Waals surface area contributed by atoms with E-state index in [1.165, 1.54) is 23.1 Å². The van der Waals surface area contributed by atoms with E-state index in [0.29, 0.717) is 10.6 Å². The van der Waals surface area contributed by atoms with Crippen molar-refractivity contribution in [2.24, 2.45) is 5.92 Å². The molecule has 36 heavy (non-hydrogen) atoms. The van der Waals surface area contributed by atoms with Crippen LogP contribution >= 0.6 is 34.8 Å². The number of carbonyl (C=O) groups excluding carboxylic acids is 3. The van der Waals surface area contributed by atoms with Gasteiger partial charge in [0.25, 0.3) is 0 Å². The highest BCUT2D eigenvalue weighted by molar-refractivity contribution is 6.42. The van der Waals surface area contributed by atoms with Crippen LogP contribution in [0, 0.1) is 5.92 Å². The van der Waals surface area contributed by atoms with Crippen molar-refractivity contribution < 1.29 is 29.0 Å². The Bertz CT molecular complexity index is 1190. The number of ketones is 1. The van der Waals surface area contributed by atoms with Crippen LogP contribution < -0.4 is 4.90 Å². The van der Waals surface area contributed by atoms with Crippen molar-refractivity contribution in [2.45, 2.75) is 58.1 Å². The molecule has 1 amide bonds. The van der Waals surface area contributed by atoms with Crippen LogP contribution in [0.2, 0.25) is 15.1 Å². The molecule has 0 heterocycles. The van der Waals surface area contributed by atoms with E-state index in [0.717, 1.165) is 25.7 Å². The van der Waals surface area contributed by atoms with Gasteiger partial charge in [0.1, 0.15) is 5.60 Å². The average molecular weight is 555 g/mol. The van der Waals surface area contributed by atoms with Crippen molar-refractivity contribution in [2.75, 3.05) is 4.90 Å². The first kappa shape index (κ1) is 28.0. The number of carboxylic acids is 1. The Balaban J connectivity index is 1.82. The lowest BCUT2D eigenvalue weighted by Gasteiger charge is -2.31. The third-order valence-electron chi connectivity index (χ3n) is 6.35. The molecule has 2 aromatic rings. The molecular formula is C26H26Cl3NO6. The van der Waals surface area contributed by atoms with Crippen LogP contribution in [0.1, 0.15) is 61.9 Å². The van der Waals surface area contributed by atoms with Gasteiger partial charge < -0.3 is 14.7 Å². The number of hydrogen-bond donors (Lipinski definition) is 1. The number of amides is 1. The maximum atomic E-state index is 13.2. The molecule has 0 radical (unpaired) electrons. The molecule has 7 nitrogen and oxygen atoms in total. The van der Waals surface area contributed by atoms with Gasteiger partial charge in [-0.25, -0.2) is 9.59 Å². The van der Waals surface area contributed by atoms with Crippen LogP contribution in [0.25, 0.3) is 0 Å². The van der Waals surface area contributed by atoms with Gasteiger partial charge in [-0.2, -0.15) is 0 Å². The van der Waals surface area contributed by atoms with E-state index >= 15 is 0 Å². The predicted octanol–water partition coefficient (Wildman–Crippen LogP) is 6.35. The van der Waals surface area contributed by atoms with Crippen LogP contribution in [0.3, 0.4) is 0 Å². The highest BCUT2D eigenvalue weighted by atomic mass is 35.5. The maximum Gasteiger partial charge on any atom is 0.375 e. The van der Waals surface area contributed by atoms with Crippen molar-refractivity contribution in [3.63, 3.8) is 0 Å². The lowest BCUT2D eigenvalue weighted by Crippen LogP contribution is -2.39. The van der Waals surface area contributed by atoms with Crippen molar-refractivity contribution >= 4 is 64.1 Å². The molecule has 2 aromatic carbocycles. The lowest BCUT2D eigenvalue weighted by atomic mass is 9.89. The second-order valence-electron chi connectivity index (χ2n) is 9.27. The standard InChI is InChI=1S/C26H26Cl3NO6/c1-26(2,16-5-3-4-6-16)36-25(35)22(31)13-23(32)30(14-15-7-10-19(27)21(29)11-15)17-8-9-18(24(33)34)20(28)12-17/h7-12,16H,3-6,13-14H2,1-2H3,(H,33,34). The molecule has 0 saturated heterocycles. The number of carboxylic acid groups (broad SMARTS) is 1. The molecule has 0 spiro atoms. The summed E-state index contributed by atoms with van der Waals surface area (Å²) >= 11 is 18.2. The summed E-state index contributed by atoms with van der Waals surface area (Å²) in [6, 6.07) is 8.76. The zero-order valence-electron chi connectivity index (χ0n) is 19.9. The molecule has 0 aromatic heterocycles. The van der Waals surface area contributed by atoms with Gasteiger partial charge >= 0.3 is 11.9 Å². The Morgan fingerprint density at radius 1 is 0.972 bits per heavy atom. The third kappa shape index (κ3) is 6.78. The first-order valence-corrected chi connectivity index (χ1v) is 12.6. The van der Waals surface area contributed by atoms with Gasteiger partial charge in [0.2, 0.25) is 11.7 Å². The van der Waals surface area contributed by atoms with E-state index in [1.807, 2.05) is 0 Å². The topological polar surface area (TPSA) is 101 Å². The van der Waals surface area contributed by atoms with Crippen LogP contribution in [-0.4, -0.2) is 34.3 Å². The van der Waals surface area contributed by atoms with Gasteiger partial charge in [-0.15, -0.1) is 0 Å². The molecular weight excluding hydrogens is 529 g/mol.